The number of nitrogens with zero attached hydrogens (tertiary/aromatic N) is 2. The average Bonchev–Trinajstić information content (AvgIpc) is 3.09. The summed E-state index contributed by atoms with van der Waals surface area (Å²) in [5.74, 6) is -0.922. The van der Waals surface area contributed by atoms with E-state index < -0.39 is 17.8 Å². The smallest absolute Gasteiger partial charge is 0.322 e. The molecule has 1 unspecified atom stereocenters. The molecule has 0 radical (unpaired) electrons. The van der Waals surface area contributed by atoms with Crippen molar-refractivity contribution in [3.05, 3.63) is 48.2 Å². The van der Waals surface area contributed by atoms with Crippen molar-refractivity contribution < 1.29 is 23.6 Å². The Labute approximate surface area is 137 Å². The van der Waals surface area contributed by atoms with Gasteiger partial charge in [-0.25, -0.2) is 4.99 Å². The Morgan fingerprint density at radius 3 is 2.79 bits per heavy atom. The summed E-state index contributed by atoms with van der Waals surface area (Å²) in [5.41, 5.74) is 1.27. The van der Waals surface area contributed by atoms with Gasteiger partial charge in [0.05, 0.1) is 7.11 Å². The largest absolute Gasteiger partial charge is 0.497 e. The van der Waals surface area contributed by atoms with Crippen LogP contribution in [0.15, 0.2) is 52.0 Å². The topological polar surface area (TPSA) is 91.0 Å². The summed E-state index contributed by atoms with van der Waals surface area (Å²) in [7, 11) is 1.59. The normalized spacial score (nSPS) is 16.2. The van der Waals surface area contributed by atoms with Gasteiger partial charge in [0, 0.05) is 17.8 Å². The number of carbonyl (C=O) groups is 2. The lowest BCUT2D eigenvalue weighted by Crippen LogP contribution is -2.24. The molecule has 7 nitrogen and oxygen atoms in total. The number of allylic oxidation sites excluding steroid dienone is 1. The van der Waals surface area contributed by atoms with Crippen LogP contribution < -0.4 is 4.74 Å². The summed E-state index contributed by atoms with van der Waals surface area (Å²) < 4.78 is 15.4. The van der Waals surface area contributed by atoms with E-state index in [1.54, 1.807) is 25.3 Å². The van der Waals surface area contributed by atoms with Gasteiger partial charge in [0.2, 0.25) is 0 Å². The van der Waals surface area contributed by atoms with E-state index in [-0.39, 0.29) is 6.61 Å². The van der Waals surface area contributed by atoms with E-state index >= 15 is 0 Å². The minimum Gasteiger partial charge on any atom is -0.497 e. The quantitative estimate of drug-likeness (QED) is 0.618. The number of hydrogen-bond donors (Lipinski definition) is 0. The van der Waals surface area contributed by atoms with Crippen molar-refractivity contribution in [2.75, 3.05) is 7.11 Å². The molecule has 7 heteroatoms. The number of ether oxygens (including phenoxy) is 2. The van der Waals surface area contributed by atoms with Crippen LogP contribution in [0, 0.1) is 5.92 Å². The van der Waals surface area contributed by atoms with Gasteiger partial charge >= 0.3 is 5.97 Å². The second-order valence-electron chi connectivity index (χ2n) is 5.00. The van der Waals surface area contributed by atoms with Gasteiger partial charge in [0.15, 0.2) is 11.7 Å². The number of rotatable bonds is 5. The predicted octanol–water partition coefficient (Wildman–Crippen LogP) is 2.18. The third kappa shape index (κ3) is 3.40. The van der Waals surface area contributed by atoms with Crippen LogP contribution in [0.2, 0.25) is 0 Å². The zero-order valence-electron chi connectivity index (χ0n) is 12.8. The van der Waals surface area contributed by atoms with E-state index in [1.807, 2.05) is 12.1 Å². The molecule has 1 amide bonds. The lowest BCUT2D eigenvalue weighted by molar-refractivity contribution is -0.151. The maximum atomic E-state index is 11.9. The molecule has 0 aliphatic carbocycles. The van der Waals surface area contributed by atoms with Gasteiger partial charge in [-0.3, -0.25) is 9.59 Å². The molecule has 0 N–H and O–H groups in total. The van der Waals surface area contributed by atoms with Gasteiger partial charge in [-0.15, -0.1) is 0 Å². The maximum Gasteiger partial charge on any atom is 0.322 e. The Morgan fingerprint density at radius 1 is 1.29 bits per heavy atom. The molecule has 2 aromatic rings. The fourth-order valence-electron chi connectivity index (χ4n) is 2.13. The molecular weight excluding hydrogens is 312 g/mol. The molecule has 0 saturated heterocycles. The second kappa shape index (κ2) is 6.91. The Hall–Kier alpha value is -3.22. The van der Waals surface area contributed by atoms with Crippen LogP contribution in [0.1, 0.15) is 5.69 Å². The highest BCUT2D eigenvalue weighted by Crippen LogP contribution is 2.23. The van der Waals surface area contributed by atoms with E-state index in [2.05, 4.69) is 10.1 Å². The molecule has 24 heavy (non-hydrogen) atoms. The third-order valence-electron chi connectivity index (χ3n) is 3.41. The first-order valence-electron chi connectivity index (χ1n) is 7.19. The van der Waals surface area contributed by atoms with Crippen molar-refractivity contribution in [2.24, 2.45) is 10.9 Å². The number of amides is 1. The van der Waals surface area contributed by atoms with Crippen molar-refractivity contribution in [3.63, 3.8) is 0 Å². The maximum absolute atomic E-state index is 11.9. The van der Waals surface area contributed by atoms with Gasteiger partial charge in [0.1, 0.15) is 18.1 Å². The molecule has 122 valence electrons. The van der Waals surface area contributed by atoms with Crippen molar-refractivity contribution >= 4 is 18.1 Å². The van der Waals surface area contributed by atoms with E-state index in [4.69, 9.17) is 14.0 Å². The summed E-state index contributed by atoms with van der Waals surface area (Å²) in [6.45, 7) is -0.0835. The molecule has 0 saturated carbocycles. The number of aromatic nitrogens is 1. The molecule has 1 aliphatic rings. The number of esters is 1. The number of hydrogen-bond acceptors (Lipinski definition) is 6. The van der Waals surface area contributed by atoms with E-state index in [0.717, 1.165) is 11.3 Å². The predicted molar refractivity (Wildman–Crippen MR) is 84.4 cm³/mol. The molecule has 0 spiro atoms. The highest BCUT2D eigenvalue weighted by atomic mass is 16.5. The van der Waals surface area contributed by atoms with E-state index in [1.165, 1.54) is 18.4 Å². The first-order chi connectivity index (χ1) is 11.7. The highest BCUT2D eigenvalue weighted by Gasteiger charge is 2.26. The highest BCUT2D eigenvalue weighted by molar-refractivity contribution is 6.05. The fraction of sp³-hybridized carbons (Fsp3) is 0.176. The zero-order chi connectivity index (χ0) is 16.9. The van der Waals surface area contributed by atoms with Crippen LogP contribution in [-0.2, 0) is 20.9 Å². The number of methoxy groups -OCH3 is 1. The molecule has 0 fully saturated rings. The molecule has 0 bridgehead atoms. The van der Waals surface area contributed by atoms with Crippen LogP contribution >= 0.6 is 0 Å². The van der Waals surface area contributed by atoms with E-state index in [0.29, 0.717) is 11.5 Å². The Kier molecular flexibility index (Phi) is 4.51. The van der Waals surface area contributed by atoms with Gasteiger partial charge in [-0.1, -0.05) is 11.2 Å². The molecule has 1 aromatic heterocycles. The van der Waals surface area contributed by atoms with Gasteiger partial charge < -0.3 is 14.0 Å². The van der Waals surface area contributed by atoms with Crippen molar-refractivity contribution in [1.29, 1.82) is 0 Å². The average molecular weight is 326 g/mol. The van der Waals surface area contributed by atoms with Crippen LogP contribution in [0.3, 0.4) is 0 Å². The summed E-state index contributed by atoms with van der Waals surface area (Å²) in [6.07, 6.45) is 4.32. The first kappa shape index (κ1) is 15.7. The third-order valence-corrected chi connectivity index (χ3v) is 3.41. The summed E-state index contributed by atoms with van der Waals surface area (Å²) in [6, 6.07) is 8.95. The Bertz CT molecular complexity index is 805. The first-order valence-corrected chi connectivity index (χ1v) is 7.19. The lowest BCUT2D eigenvalue weighted by Gasteiger charge is -2.09. The Morgan fingerprint density at radius 2 is 2.08 bits per heavy atom. The lowest BCUT2D eigenvalue weighted by atomic mass is 10.1. The zero-order valence-corrected chi connectivity index (χ0v) is 12.8. The number of carbonyl (C=O) groups excluding carboxylic acids is 2. The molecule has 3 rings (SSSR count). The minimum atomic E-state index is -0.997. The summed E-state index contributed by atoms with van der Waals surface area (Å²) in [4.78, 5) is 26.9. The molecule has 1 atom stereocenters. The number of dihydropyridines is 1. The van der Waals surface area contributed by atoms with Crippen molar-refractivity contribution in [1.82, 2.24) is 5.16 Å². The molecule has 1 aliphatic heterocycles. The number of benzene rings is 1. The SMILES string of the molecule is COc1ccc(-c2cc(COC(=O)C3C=CC=NC3=O)no2)cc1. The van der Waals surface area contributed by atoms with Gasteiger partial charge in [-0.2, -0.15) is 0 Å². The summed E-state index contributed by atoms with van der Waals surface area (Å²) >= 11 is 0. The monoisotopic (exact) mass is 326 g/mol. The van der Waals surface area contributed by atoms with Crippen molar-refractivity contribution in [3.8, 4) is 17.1 Å². The van der Waals surface area contributed by atoms with Crippen LogP contribution in [0.4, 0.5) is 0 Å². The van der Waals surface area contributed by atoms with Crippen LogP contribution in [-0.4, -0.2) is 30.4 Å². The summed E-state index contributed by atoms with van der Waals surface area (Å²) in [5, 5.41) is 3.86. The molecule has 2 heterocycles. The fourth-order valence-corrected chi connectivity index (χ4v) is 2.13. The van der Waals surface area contributed by atoms with Gasteiger partial charge in [-0.05, 0) is 30.3 Å². The Balaban J connectivity index is 1.61. The van der Waals surface area contributed by atoms with Crippen LogP contribution in [0.25, 0.3) is 11.3 Å². The minimum absolute atomic E-state index is 0.0835. The second-order valence-corrected chi connectivity index (χ2v) is 5.00. The molecule has 1 aromatic carbocycles. The van der Waals surface area contributed by atoms with E-state index in [9.17, 15) is 9.59 Å². The standard InChI is InChI=1S/C17H14N2O5/c1-22-13-6-4-11(5-7-13)15-9-12(19-24-15)10-23-17(21)14-3-2-8-18-16(14)20/h2-9,14H,10H2,1H3. The van der Waals surface area contributed by atoms with Crippen LogP contribution in [0.5, 0.6) is 5.75 Å². The van der Waals surface area contributed by atoms with Gasteiger partial charge in [0.25, 0.3) is 5.91 Å². The van der Waals surface area contributed by atoms with Crippen molar-refractivity contribution in [2.45, 2.75) is 6.61 Å². The molecular formula is C17H14N2O5. The number of aliphatic imine (C=N–C) groups is 1.